The molecule has 1 N–H and O–H groups in total. The quantitative estimate of drug-likeness (QED) is 0.344. The van der Waals surface area contributed by atoms with Crippen LogP contribution in [0.4, 0.5) is 11.4 Å². The zero-order valence-corrected chi connectivity index (χ0v) is 16.6. The molecular formula is C21H24N2O5. The van der Waals surface area contributed by atoms with Gasteiger partial charge in [-0.1, -0.05) is 45.0 Å². The Bertz CT molecular complexity index is 898. The van der Waals surface area contributed by atoms with Crippen molar-refractivity contribution in [2.75, 3.05) is 12.4 Å². The van der Waals surface area contributed by atoms with Gasteiger partial charge in [0.25, 0.3) is 5.69 Å². The third kappa shape index (κ3) is 4.73. The molecule has 0 aromatic heterocycles. The number of hydrogen-bond acceptors (Lipinski definition) is 6. The van der Waals surface area contributed by atoms with E-state index in [2.05, 4.69) is 26.1 Å². The summed E-state index contributed by atoms with van der Waals surface area (Å²) in [6, 6.07) is 11.1. The monoisotopic (exact) mass is 384 g/mol. The summed E-state index contributed by atoms with van der Waals surface area (Å²) in [4.78, 5) is 35.4. The minimum Gasteiger partial charge on any atom is -0.451 e. The van der Waals surface area contributed by atoms with Gasteiger partial charge in [-0.3, -0.25) is 14.9 Å². The van der Waals surface area contributed by atoms with Crippen molar-refractivity contribution >= 4 is 23.1 Å². The molecule has 148 valence electrons. The molecule has 7 heteroatoms. The van der Waals surface area contributed by atoms with Crippen LogP contribution in [0.5, 0.6) is 0 Å². The first-order valence-corrected chi connectivity index (χ1v) is 8.86. The second kappa shape index (κ2) is 8.21. The topological polar surface area (TPSA) is 98.5 Å². The van der Waals surface area contributed by atoms with Crippen molar-refractivity contribution in [2.24, 2.45) is 0 Å². The van der Waals surface area contributed by atoms with Gasteiger partial charge in [-0.2, -0.15) is 0 Å². The molecule has 0 aliphatic carbocycles. The van der Waals surface area contributed by atoms with Crippen LogP contribution in [-0.2, 0) is 10.2 Å². The lowest BCUT2D eigenvalue weighted by Gasteiger charge is -2.19. The van der Waals surface area contributed by atoms with Crippen LogP contribution in [0, 0.1) is 10.1 Å². The van der Waals surface area contributed by atoms with E-state index in [0.29, 0.717) is 5.56 Å². The number of ether oxygens (including phenoxy) is 1. The summed E-state index contributed by atoms with van der Waals surface area (Å²) in [7, 11) is 1.55. The van der Waals surface area contributed by atoms with Crippen molar-refractivity contribution in [3.8, 4) is 0 Å². The molecule has 2 aromatic carbocycles. The number of carbonyl (C=O) groups is 2. The first-order valence-electron chi connectivity index (χ1n) is 8.86. The molecule has 2 rings (SSSR count). The highest BCUT2D eigenvalue weighted by Gasteiger charge is 2.23. The molecule has 0 aliphatic rings. The van der Waals surface area contributed by atoms with Crippen LogP contribution in [0.25, 0.3) is 0 Å². The van der Waals surface area contributed by atoms with Crippen LogP contribution < -0.4 is 5.32 Å². The summed E-state index contributed by atoms with van der Waals surface area (Å²) in [6.07, 6.45) is -1.02. The van der Waals surface area contributed by atoms with Crippen molar-refractivity contribution in [2.45, 2.75) is 39.2 Å². The molecule has 0 unspecified atom stereocenters. The molecule has 0 amide bonds. The van der Waals surface area contributed by atoms with Gasteiger partial charge in [0, 0.05) is 18.7 Å². The normalized spacial score (nSPS) is 12.2. The van der Waals surface area contributed by atoms with Gasteiger partial charge >= 0.3 is 5.97 Å². The van der Waals surface area contributed by atoms with E-state index in [0.717, 1.165) is 11.6 Å². The van der Waals surface area contributed by atoms with Gasteiger partial charge in [0.15, 0.2) is 6.10 Å². The van der Waals surface area contributed by atoms with Crippen molar-refractivity contribution < 1.29 is 19.2 Å². The Labute approximate surface area is 163 Å². The number of esters is 1. The summed E-state index contributed by atoms with van der Waals surface area (Å²) >= 11 is 0. The van der Waals surface area contributed by atoms with Gasteiger partial charge < -0.3 is 10.1 Å². The van der Waals surface area contributed by atoms with Crippen molar-refractivity contribution in [1.82, 2.24) is 0 Å². The summed E-state index contributed by atoms with van der Waals surface area (Å²) in [5.74, 6) is -1.13. The van der Waals surface area contributed by atoms with Crippen LogP contribution in [0.15, 0.2) is 42.5 Å². The van der Waals surface area contributed by atoms with Gasteiger partial charge in [0.05, 0.1) is 10.5 Å². The van der Waals surface area contributed by atoms with Gasteiger partial charge in [-0.05, 0) is 30.0 Å². The highest BCUT2D eigenvalue weighted by atomic mass is 16.6. The number of nitrogens with zero attached hydrogens (tertiary/aromatic N) is 1. The molecule has 0 saturated heterocycles. The van der Waals surface area contributed by atoms with Crippen LogP contribution in [-0.4, -0.2) is 29.8 Å². The molecule has 0 radical (unpaired) electrons. The minimum atomic E-state index is -1.02. The molecule has 0 heterocycles. The predicted molar refractivity (Wildman–Crippen MR) is 107 cm³/mol. The Kier molecular flexibility index (Phi) is 6.18. The van der Waals surface area contributed by atoms with E-state index in [1.54, 1.807) is 19.2 Å². The molecular weight excluding hydrogens is 360 g/mol. The Balaban J connectivity index is 2.14. The highest BCUT2D eigenvalue weighted by molar-refractivity contribution is 6.01. The molecule has 2 aromatic rings. The standard InChI is InChI=1S/C21H24N2O5/c1-13(19(24)14-6-9-16(10-7-14)21(2,3)4)28-20(25)15-8-11-17(22-5)18(12-15)23(26)27/h6-13,22H,1-5H3/t13-/m0/s1. The highest BCUT2D eigenvalue weighted by Crippen LogP contribution is 2.26. The molecule has 0 aliphatic heterocycles. The number of carbonyl (C=O) groups excluding carboxylic acids is 2. The van der Waals surface area contributed by atoms with Crippen molar-refractivity contribution in [3.05, 3.63) is 69.3 Å². The van der Waals surface area contributed by atoms with Crippen molar-refractivity contribution in [3.63, 3.8) is 0 Å². The Morgan fingerprint density at radius 3 is 2.14 bits per heavy atom. The molecule has 0 bridgehead atoms. The summed E-state index contributed by atoms with van der Waals surface area (Å²) < 4.78 is 5.23. The largest absolute Gasteiger partial charge is 0.451 e. The smallest absolute Gasteiger partial charge is 0.339 e. The van der Waals surface area contributed by atoms with Crippen LogP contribution in [0.1, 0.15) is 54.0 Å². The average molecular weight is 384 g/mol. The number of benzene rings is 2. The van der Waals surface area contributed by atoms with E-state index in [9.17, 15) is 19.7 Å². The second-order valence-corrected chi connectivity index (χ2v) is 7.48. The molecule has 0 spiro atoms. The number of Topliss-reactive ketones (excluding diaryl/α,β-unsaturated/α-hetero) is 1. The first kappa shape index (κ1) is 21.1. The Morgan fingerprint density at radius 2 is 1.64 bits per heavy atom. The minimum absolute atomic E-state index is 0.00781. The number of rotatable bonds is 6. The average Bonchev–Trinajstić information content (AvgIpc) is 2.66. The number of anilines is 1. The number of hydrogen-bond donors (Lipinski definition) is 1. The van der Waals surface area contributed by atoms with E-state index in [1.165, 1.54) is 19.1 Å². The summed E-state index contributed by atoms with van der Waals surface area (Å²) in [5, 5.41) is 13.8. The SMILES string of the molecule is CNc1ccc(C(=O)O[C@@H](C)C(=O)c2ccc(C(C)(C)C)cc2)cc1[N+](=O)[O-]. The number of ketones is 1. The fourth-order valence-electron chi connectivity index (χ4n) is 2.67. The van der Waals surface area contributed by atoms with E-state index in [1.807, 2.05) is 12.1 Å². The van der Waals surface area contributed by atoms with Crippen LogP contribution in [0.2, 0.25) is 0 Å². The van der Waals surface area contributed by atoms with E-state index in [-0.39, 0.29) is 28.1 Å². The zero-order valence-electron chi connectivity index (χ0n) is 16.6. The molecule has 0 saturated carbocycles. The maximum absolute atomic E-state index is 12.6. The predicted octanol–water partition coefficient (Wildman–Crippen LogP) is 4.36. The lowest BCUT2D eigenvalue weighted by molar-refractivity contribution is -0.384. The van der Waals surface area contributed by atoms with Gasteiger partial charge in [0.2, 0.25) is 5.78 Å². The molecule has 1 atom stereocenters. The third-order valence-electron chi connectivity index (χ3n) is 4.39. The Hall–Kier alpha value is -3.22. The lowest BCUT2D eigenvalue weighted by Crippen LogP contribution is -2.24. The molecule has 0 fully saturated rings. The van der Waals surface area contributed by atoms with E-state index >= 15 is 0 Å². The van der Waals surface area contributed by atoms with Crippen LogP contribution >= 0.6 is 0 Å². The van der Waals surface area contributed by atoms with Crippen molar-refractivity contribution in [1.29, 1.82) is 0 Å². The van der Waals surface area contributed by atoms with E-state index < -0.39 is 17.0 Å². The molecule has 7 nitrogen and oxygen atoms in total. The summed E-state index contributed by atoms with van der Waals surface area (Å²) in [5.41, 5.74) is 1.54. The molecule has 28 heavy (non-hydrogen) atoms. The maximum atomic E-state index is 12.6. The van der Waals surface area contributed by atoms with E-state index in [4.69, 9.17) is 4.74 Å². The van der Waals surface area contributed by atoms with Gasteiger partial charge in [-0.15, -0.1) is 0 Å². The van der Waals surface area contributed by atoms with Gasteiger partial charge in [-0.25, -0.2) is 4.79 Å². The lowest BCUT2D eigenvalue weighted by atomic mass is 9.86. The number of nitro groups is 1. The maximum Gasteiger partial charge on any atom is 0.339 e. The zero-order chi connectivity index (χ0) is 21.1. The fraction of sp³-hybridized carbons (Fsp3) is 0.333. The summed E-state index contributed by atoms with van der Waals surface area (Å²) in [6.45, 7) is 7.71. The number of nitro benzene ring substituents is 1. The number of nitrogens with one attached hydrogen (secondary N) is 1. The fourth-order valence-corrected chi connectivity index (χ4v) is 2.67. The second-order valence-electron chi connectivity index (χ2n) is 7.48. The third-order valence-corrected chi connectivity index (χ3v) is 4.39. The van der Waals surface area contributed by atoms with Crippen LogP contribution in [0.3, 0.4) is 0 Å². The Morgan fingerprint density at radius 1 is 1.07 bits per heavy atom. The first-order chi connectivity index (χ1) is 13.0. The van der Waals surface area contributed by atoms with Gasteiger partial charge in [0.1, 0.15) is 5.69 Å².